The maximum atomic E-state index is 6.27. The molecule has 13 aromatic rings. The fourth-order valence-corrected chi connectivity index (χ4v) is 10.0. The van der Waals surface area contributed by atoms with E-state index in [0.717, 1.165) is 44.7 Å². The lowest BCUT2D eigenvalue weighted by Gasteiger charge is -2.26. The van der Waals surface area contributed by atoms with Crippen LogP contribution in [0.1, 0.15) is 0 Å². The van der Waals surface area contributed by atoms with E-state index in [1.165, 1.54) is 76.4 Å². The molecule has 0 amide bonds. The molecular weight excluding hydrogens is 765 g/mol. The van der Waals surface area contributed by atoms with E-state index >= 15 is 0 Å². The molecule has 2 aromatic heterocycles. The molecule has 0 saturated heterocycles. The number of para-hydroxylation sites is 3. The van der Waals surface area contributed by atoms with Crippen molar-refractivity contribution < 1.29 is 4.42 Å². The van der Waals surface area contributed by atoms with E-state index in [0.29, 0.717) is 0 Å². The van der Waals surface area contributed by atoms with Crippen molar-refractivity contribution in [3.8, 4) is 27.9 Å². The summed E-state index contributed by atoms with van der Waals surface area (Å²) in [5.74, 6) is 0. The Kier molecular flexibility index (Phi) is 7.91. The Morgan fingerprint density at radius 2 is 0.730 bits per heavy atom. The first-order chi connectivity index (χ1) is 31.2. The number of fused-ring (bicyclic) bond motifs is 12. The van der Waals surface area contributed by atoms with E-state index in [2.05, 4.69) is 228 Å². The first kappa shape index (κ1) is 35.4. The largest absolute Gasteiger partial charge is 0.456 e. The summed E-state index contributed by atoms with van der Waals surface area (Å²) in [6, 6.07) is 83.5. The molecule has 0 unspecified atom stereocenters. The minimum Gasteiger partial charge on any atom is -0.456 e. The maximum Gasteiger partial charge on any atom is 0.135 e. The number of rotatable bonds is 6. The van der Waals surface area contributed by atoms with Gasteiger partial charge in [0.15, 0.2) is 0 Å². The molecule has 0 aliphatic carbocycles. The fraction of sp³-hybridized carbons (Fsp3) is 0. The highest BCUT2D eigenvalue weighted by molar-refractivity contribution is 6.25. The summed E-state index contributed by atoms with van der Waals surface area (Å²) in [4.78, 5) is 2.35. The predicted molar refractivity (Wildman–Crippen MR) is 266 cm³/mol. The third-order valence-electron chi connectivity index (χ3n) is 13.0. The topological polar surface area (TPSA) is 21.3 Å². The number of furan rings is 1. The Balaban J connectivity index is 0.913. The summed E-state index contributed by atoms with van der Waals surface area (Å²) in [5, 5.41) is 12.4. The Morgan fingerprint density at radius 1 is 0.270 bits per heavy atom. The lowest BCUT2D eigenvalue weighted by Crippen LogP contribution is -2.09. The van der Waals surface area contributed by atoms with Crippen molar-refractivity contribution in [2.24, 2.45) is 0 Å². The van der Waals surface area contributed by atoms with Gasteiger partial charge in [0.1, 0.15) is 11.2 Å². The number of hydrogen-bond donors (Lipinski definition) is 0. The number of nitrogens with zero attached hydrogens (tertiary/aromatic N) is 2. The van der Waals surface area contributed by atoms with Gasteiger partial charge in [-0.3, -0.25) is 0 Å². The summed E-state index contributed by atoms with van der Waals surface area (Å²) >= 11 is 0. The first-order valence-electron chi connectivity index (χ1n) is 21.6. The summed E-state index contributed by atoms with van der Waals surface area (Å²) in [6.45, 7) is 0. The van der Waals surface area contributed by atoms with Gasteiger partial charge >= 0.3 is 0 Å². The highest BCUT2D eigenvalue weighted by Crippen LogP contribution is 2.42. The molecule has 0 spiro atoms. The van der Waals surface area contributed by atoms with Gasteiger partial charge < -0.3 is 13.9 Å². The molecule has 13 rings (SSSR count). The predicted octanol–water partition coefficient (Wildman–Crippen LogP) is 16.9. The number of hydrogen-bond acceptors (Lipinski definition) is 2. The Labute approximate surface area is 363 Å². The lowest BCUT2D eigenvalue weighted by atomic mass is 9.92. The van der Waals surface area contributed by atoms with Crippen molar-refractivity contribution in [3.63, 3.8) is 0 Å². The van der Waals surface area contributed by atoms with Crippen LogP contribution in [0, 0.1) is 0 Å². The molecule has 0 aliphatic heterocycles. The van der Waals surface area contributed by atoms with Crippen LogP contribution < -0.4 is 4.90 Å². The van der Waals surface area contributed by atoms with Gasteiger partial charge in [0, 0.05) is 44.3 Å². The van der Waals surface area contributed by atoms with E-state index in [1.807, 2.05) is 12.1 Å². The monoisotopic (exact) mass is 802 g/mol. The normalized spacial score (nSPS) is 11.8. The van der Waals surface area contributed by atoms with Crippen LogP contribution in [0.5, 0.6) is 0 Å². The number of aromatic nitrogens is 1. The number of benzene rings is 11. The van der Waals surface area contributed by atoms with Crippen molar-refractivity contribution in [1.29, 1.82) is 0 Å². The Hall–Kier alpha value is -8.40. The van der Waals surface area contributed by atoms with E-state index in [-0.39, 0.29) is 0 Å². The molecular formula is C60H38N2O. The summed E-state index contributed by atoms with van der Waals surface area (Å²) in [6.07, 6.45) is 0. The first-order valence-corrected chi connectivity index (χ1v) is 21.6. The van der Waals surface area contributed by atoms with Crippen LogP contribution in [-0.2, 0) is 0 Å². The smallest absolute Gasteiger partial charge is 0.135 e. The highest BCUT2D eigenvalue weighted by Gasteiger charge is 2.18. The summed E-state index contributed by atoms with van der Waals surface area (Å²) in [5.41, 5.74) is 13.3. The molecule has 0 radical (unpaired) electrons. The van der Waals surface area contributed by atoms with Crippen molar-refractivity contribution in [2.75, 3.05) is 4.90 Å². The maximum absolute atomic E-state index is 6.27. The van der Waals surface area contributed by atoms with Gasteiger partial charge in [0.25, 0.3) is 0 Å². The van der Waals surface area contributed by atoms with Crippen LogP contribution in [0.25, 0.3) is 104 Å². The van der Waals surface area contributed by atoms with Crippen LogP contribution >= 0.6 is 0 Å². The minimum absolute atomic E-state index is 0.881. The van der Waals surface area contributed by atoms with Crippen LogP contribution in [-0.4, -0.2) is 4.57 Å². The van der Waals surface area contributed by atoms with Crippen molar-refractivity contribution in [3.05, 3.63) is 231 Å². The summed E-state index contributed by atoms with van der Waals surface area (Å²) in [7, 11) is 0. The average Bonchev–Trinajstić information content (AvgIpc) is 3.90. The second kappa shape index (κ2) is 14.1. The molecule has 0 fully saturated rings. The van der Waals surface area contributed by atoms with Gasteiger partial charge in [-0.2, -0.15) is 0 Å². The average molecular weight is 803 g/mol. The van der Waals surface area contributed by atoms with E-state index in [4.69, 9.17) is 4.42 Å². The number of anilines is 3. The molecule has 63 heavy (non-hydrogen) atoms. The van der Waals surface area contributed by atoms with E-state index < -0.39 is 0 Å². The molecule has 0 aliphatic rings. The molecule has 0 bridgehead atoms. The van der Waals surface area contributed by atoms with Gasteiger partial charge in [0.2, 0.25) is 0 Å². The zero-order chi connectivity index (χ0) is 41.4. The molecule has 3 heteroatoms. The third kappa shape index (κ3) is 5.67. The Morgan fingerprint density at radius 3 is 1.40 bits per heavy atom. The Bertz CT molecular complexity index is 3860. The molecule has 3 nitrogen and oxygen atoms in total. The molecule has 2 heterocycles. The third-order valence-corrected chi connectivity index (χ3v) is 13.0. The zero-order valence-electron chi connectivity index (χ0n) is 34.2. The van der Waals surface area contributed by atoms with Crippen LogP contribution in [0.2, 0.25) is 0 Å². The highest BCUT2D eigenvalue weighted by atomic mass is 16.3. The minimum atomic E-state index is 0.881. The molecule has 0 saturated carbocycles. The quantitative estimate of drug-likeness (QED) is 0.156. The van der Waals surface area contributed by atoms with Crippen LogP contribution in [0.3, 0.4) is 0 Å². The van der Waals surface area contributed by atoms with Crippen molar-refractivity contribution >= 4 is 93.1 Å². The van der Waals surface area contributed by atoms with Gasteiger partial charge in [-0.1, -0.05) is 146 Å². The standard InChI is InChI=1S/C60H38N2O/c1-2-12-43(13-3-1)62-57-20-10-8-18-52(57)55-37-42(27-34-58(55)62)40-24-30-45(31-25-40)61(46-32-35-60-56(38-46)53-19-9-11-21-59(53)63-60)44-28-22-39(23-29-44)41-26-33-51-49-16-5-4-14-47(49)48-15-6-7-17-50(48)54(51)36-41/h1-38H. The lowest BCUT2D eigenvalue weighted by molar-refractivity contribution is 0.669. The van der Waals surface area contributed by atoms with Crippen LogP contribution in [0.15, 0.2) is 235 Å². The SMILES string of the molecule is c1ccc(-n2c3ccccc3c3cc(-c4ccc(N(c5ccc(-c6ccc7c8ccccc8c8ccccc8c7c6)cc5)c5ccc6oc7ccccc7c6c5)cc4)ccc32)cc1. The molecule has 294 valence electrons. The van der Waals surface area contributed by atoms with Crippen molar-refractivity contribution in [1.82, 2.24) is 4.57 Å². The molecule has 0 atom stereocenters. The zero-order valence-corrected chi connectivity index (χ0v) is 34.2. The fourth-order valence-electron chi connectivity index (χ4n) is 10.0. The van der Waals surface area contributed by atoms with E-state index in [9.17, 15) is 0 Å². The molecule has 11 aromatic carbocycles. The van der Waals surface area contributed by atoms with Gasteiger partial charge in [-0.25, -0.2) is 0 Å². The van der Waals surface area contributed by atoms with Gasteiger partial charge in [0.05, 0.1) is 11.0 Å². The second-order valence-electron chi connectivity index (χ2n) is 16.5. The van der Waals surface area contributed by atoms with Gasteiger partial charge in [-0.05, 0) is 140 Å². The molecule has 0 N–H and O–H groups in total. The van der Waals surface area contributed by atoms with Crippen molar-refractivity contribution in [2.45, 2.75) is 0 Å². The second-order valence-corrected chi connectivity index (χ2v) is 16.5. The van der Waals surface area contributed by atoms with Crippen LogP contribution in [0.4, 0.5) is 17.1 Å². The van der Waals surface area contributed by atoms with E-state index in [1.54, 1.807) is 0 Å². The van der Waals surface area contributed by atoms with Gasteiger partial charge in [-0.15, -0.1) is 0 Å². The summed E-state index contributed by atoms with van der Waals surface area (Å²) < 4.78 is 8.64.